The van der Waals surface area contributed by atoms with Crippen molar-refractivity contribution in [1.29, 1.82) is 0 Å². The van der Waals surface area contributed by atoms with E-state index in [2.05, 4.69) is 0 Å². The van der Waals surface area contributed by atoms with Crippen molar-refractivity contribution in [2.45, 2.75) is 13.0 Å². The molecule has 1 heterocycles. The van der Waals surface area contributed by atoms with Crippen molar-refractivity contribution in [3.63, 3.8) is 0 Å². The first-order valence-corrected chi connectivity index (χ1v) is 9.93. The van der Waals surface area contributed by atoms with Gasteiger partial charge in [-0.05, 0) is 48.0 Å². The topological polar surface area (TPSA) is 51.5 Å². The number of benzene rings is 3. The van der Waals surface area contributed by atoms with E-state index in [1.807, 2.05) is 77.5 Å². The summed E-state index contributed by atoms with van der Waals surface area (Å²) in [6.45, 7) is 0.454. The number of carboxylic acids is 1. The van der Waals surface area contributed by atoms with Gasteiger partial charge in [-0.25, -0.2) is 4.79 Å². The molecule has 0 saturated heterocycles. The molecule has 0 spiro atoms. The highest BCUT2D eigenvalue weighted by Crippen LogP contribution is 2.30. The second kappa shape index (κ2) is 8.89. The number of rotatable bonds is 7. The van der Waals surface area contributed by atoms with E-state index in [0.717, 1.165) is 28.3 Å². The highest BCUT2D eigenvalue weighted by molar-refractivity contribution is 6.31. The third-order valence-corrected chi connectivity index (χ3v) is 5.23. The van der Waals surface area contributed by atoms with Gasteiger partial charge >= 0.3 is 5.97 Å². The number of carbonyl (C=O) groups is 1. The molecule has 0 atom stereocenters. The molecule has 0 aliphatic carbocycles. The molecule has 4 aromatic rings. The summed E-state index contributed by atoms with van der Waals surface area (Å²) in [7, 11) is 0. The molecule has 150 valence electrons. The quantitative estimate of drug-likeness (QED) is 0.401. The Morgan fingerprint density at radius 3 is 2.53 bits per heavy atom. The number of ether oxygens (including phenoxy) is 1. The maximum absolute atomic E-state index is 11.3. The summed E-state index contributed by atoms with van der Waals surface area (Å²) in [5.74, 6) is -0.216. The van der Waals surface area contributed by atoms with E-state index in [1.165, 1.54) is 0 Å². The highest BCUT2D eigenvalue weighted by Gasteiger charge is 2.13. The molecule has 0 saturated carbocycles. The summed E-state index contributed by atoms with van der Waals surface area (Å²) in [5.41, 5.74) is 3.99. The second-order valence-electron chi connectivity index (χ2n) is 6.89. The minimum absolute atomic E-state index is 0.247. The van der Waals surface area contributed by atoms with Gasteiger partial charge in [0.1, 0.15) is 12.4 Å². The van der Waals surface area contributed by atoms with Crippen molar-refractivity contribution in [3.05, 3.63) is 119 Å². The van der Waals surface area contributed by atoms with Crippen LogP contribution in [0.5, 0.6) is 5.75 Å². The van der Waals surface area contributed by atoms with Crippen molar-refractivity contribution in [3.8, 4) is 11.4 Å². The maximum atomic E-state index is 11.3. The molecule has 5 heteroatoms. The maximum Gasteiger partial charge on any atom is 0.335 e. The Bertz CT molecular complexity index is 1170. The van der Waals surface area contributed by atoms with Gasteiger partial charge in [-0.3, -0.25) is 0 Å². The summed E-state index contributed by atoms with van der Waals surface area (Å²) < 4.78 is 8.05. The third-order valence-electron chi connectivity index (χ3n) is 4.88. The van der Waals surface area contributed by atoms with Crippen LogP contribution in [0.4, 0.5) is 0 Å². The molecule has 0 bridgehead atoms. The molecule has 0 aliphatic heterocycles. The third kappa shape index (κ3) is 4.39. The fourth-order valence-corrected chi connectivity index (χ4v) is 3.60. The Morgan fingerprint density at radius 2 is 1.73 bits per heavy atom. The second-order valence-corrected chi connectivity index (χ2v) is 7.30. The van der Waals surface area contributed by atoms with Crippen LogP contribution in [0, 0.1) is 0 Å². The monoisotopic (exact) mass is 417 g/mol. The summed E-state index contributed by atoms with van der Waals surface area (Å²) in [4.78, 5) is 11.3. The van der Waals surface area contributed by atoms with Crippen LogP contribution < -0.4 is 4.74 Å². The molecule has 4 rings (SSSR count). The van der Waals surface area contributed by atoms with Gasteiger partial charge in [0.15, 0.2) is 0 Å². The van der Waals surface area contributed by atoms with E-state index in [0.29, 0.717) is 18.1 Å². The van der Waals surface area contributed by atoms with Crippen LogP contribution >= 0.6 is 11.6 Å². The summed E-state index contributed by atoms with van der Waals surface area (Å²) in [6, 6.07) is 26.4. The van der Waals surface area contributed by atoms with Crippen LogP contribution in [0.15, 0.2) is 91.1 Å². The molecule has 30 heavy (non-hydrogen) atoms. The lowest BCUT2D eigenvalue weighted by atomic mass is 10.1. The van der Waals surface area contributed by atoms with Gasteiger partial charge in [0.05, 0.1) is 5.56 Å². The zero-order chi connectivity index (χ0) is 20.9. The predicted octanol–water partition coefficient (Wildman–Crippen LogP) is 6.00. The van der Waals surface area contributed by atoms with Gasteiger partial charge in [0.2, 0.25) is 0 Å². The number of hydrogen-bond acceptors (Lipinski definition) is 2. The Labute approximate surface area is 179 Å². The van der Waals surface area contributed by atoms with Crippen molar-refractivity contribution < 1.29 is 14.6 Å². The summed E-state index contributed by atoms with van der Waals surface area (Å²) in [5, 5.41) is 9.93. The van der Waals surface area contributed by atoms with Gasteiger partial charge in [-0.2, -0.15) is 0 Å². The Morgan fingerprint density at radius 1 is 0.933 bits per heavy atom. The number of aromatic carboxylic acids is 1. The van der Waals surface area contributed by atoms with Crippen LogP contribution in [0.2, 0.25) is 5.02 Å². The van der Waals surface area contributed by atoms with Gasteiger partial charge in [0.25, 0.3) is 0 Å². The lowest BCUT2D eigenvalue weighted by Crippen LogP contribution is -2.05. The molecule has 0 unspecified atom stereocenters. The minimum atomic E-state index is -0.951. The number of hydrogen-bond donors (Lipinski definition) is 1. The average molecular weight is 418 g/mol. The van der Waals surface area contributed by atoms with Crippen LogP contribution in [0.25, 0.3) is 5.69 Å². The van der Waals surface area contributed by atoms with E-state index >= 15 is 0 Å². The first-order chi connectivity index (χ1) is 14.6. The lowest BCUT2D eigenvalue weighted by Gasteiger charge is -2.15. The van der Waals surface area contributed by atoms with Crippen molar-refractivity contribution in [1.82, 2.24) is 4.57 Å². The van der Waals surface area contributed by atoms with E-state index in [1.54, 1.807) is 18.2 Å². The molecular weight excluding hydrogens is 398 g/mol. The summed E-state index contributed by atoms with van der Waals surface area (Å²) in [6.07, 6.45) is 2.46. The van der Waals surface area contributed by atoms with Crippen LogP contribution in [0.1, 0.15) is 27.2 Å². The van der Waals surface area contributed by atoms with Crippen molar-refractivity contribution in [2.24, 2.45) is 0 Å². The SMILES string of the molecule is O=C(O)c1cccc(-n2cccc2Cc2c(Cl)cccc2OCc2ccccc2)c1. The van der Waals surface area contributed by atoms with Gasteiger partial charge in [-0.1, -0.05) is 54.1 Å². The molecule has 3 aromatic carbocycles. The number of carboxylic acid groups (broad SMARTS) is 1. The number of halogens is 1. The zero-order valence-corrected chi connectivity index (χ0v) is 16.9. The molecule has 0 fully saturated rings. The fourth-order valence-electron chi connectivity index (χ4n) is 3.36. The van der Waals surface area contributed by atoms with E-state index in [9.17, 15) is 9.90 Å². The normalized spacial score (nSPS) is 10.7. The molecular formula is C25H20ClNO3. The van der Waals surface area contributed by atoms with Gasteiger partial charge < -0.3 is 14.4 Å². The Hall–Kier alpha value is -3.50. The molecule has 0 radical (unpaired) electrons. The number of nitrogens with zero attached hydrogens (tertiary/aromatic N) is 1. The lowest BCUT2D eigenvalue weighted by molar-refractivity contribution is 0.0697. The van der Waals surface area contributed by atoms with E-state index < -0.39 is 5.97 Å². The van der Waals surface area contributed by atoms with Gasteiger partial charge in [0, 0.05) is 34.6 Å². The van der Waals surface area contributed by atoms with E-state index in [4.69, 9.17) is 16.3 Å². The average Bonchev–Trinajstić information content (AvgIpc) is 3.23. The predicted molar refractivity (Wildman–Crippen MR) is 118 cm³/mol. The minimum Gasteiger partial charge on any atom is -0.489 e. The Kier molecular flexibility index (Phi) is 5.87. The number of aromatic nitrogens is 1. The smallest absolute Gasteiger partial charge is 0.335 e. The Balaban J connectivity index is 1.62. The molecule has 4 nitrogen and oxygen atoms in total. The molecule has 1 N–H and O–H groups in total. The molecule has 1 aromatic heterocycles. The standard InChI is InChI=1S/C25H20ClNO3/c26-23-12-5-13-24(30-17-18-7-2-1-3-8-18)22(23)16-21-11-6-14-27(21)20-10-4-9-19(15-20)25(28)29/h1-15H,16-17H2,(H,28,29). The van der Waals surface area contributed by atoms with Crippen LogP contribution in [-0.4, -0.2) is 15.6 Å². The van der Waals surface area contributed by atoms with E-state index in [-0.39, 0.29) is 5.56 Å². The van der Waals surface area contributed by atoms with Crippen LogP contribution in [0.3, 0.4) is 0 Å². The van der Waals surface area contributed by atoms with Crippen molar-refractivity contribution >= 4 is 17.6 Å². The molecule has 0 amide bonds. The van der Waals surface area contributed by atoms with Gasteiger partial charge in [-0.15, -0.1) is 0 Å². The van der Waals surface area contributed by atoms with Crippen LogP contribution in [-0.2, 0) is 13.0 Å². The summed E-state index contributed by atoms with van der Waals surface area (Å²) >= 11 is 6.53. The highest BCUT2D eigenvalue weighted by atomic mass is 35.5. The first-order valence-electron chi connectivity index (χ1n) is 9.56. The van der Waals surface area contributed by atoms with Crippen molar-refractivity contribution in [2.75, 3.05) is 0 Å². The largest absolute Gasteiger partial charge is 0.489 e. The zero-order valence-electron chi connectivity index (χ0n) is 16.2. The molecule has 0 aliphatic rings. The first kappa shape index (κ1) is 19.8. The fraction of sp³-hybridized carbons (Fsp3) is 0.0800.